The van der Waals surface area contributed by atoms with Crippen LogP contribution in [0, 0.1) is 11.6 Å². The smallest absolute Gasteiger partial charge is 0.324 e. The highest BCUT2D eigenvalue weighted by atomic mass is 31.2. The maximum atomic E-state index is 14.2. The number of aryl methyl sites for hydroxylation is 1. The van der Waals surface area contributed by atoms with Gasteiger partial charge in [0.1, 0.15) is 11.6 Å². The molecule has 0 unspecified atom stereocenters. The van der Waals surface area contributed by atoms with Gasteiger partial charge in [0.05, 0.1) is 6.16 Å². The maximum Gasteiger partial charge on any atom is 0.325 e. The summed E-state index contributed by atoms with van der Waals surface area (Å²) in [5.41, 5.74) is 1.71. The molecule has 0 fully saturated rings. The van der Waals surface area contributed by atoms with E-state index >= 15 is 0 Å². The van der Waals surface area contributed by atoms with Gasteiger partial charge < -0.3 is 15.1 Å². The summed E-state index contributed by atoms with van der Waals surface area (Å²) in [6.45, 7) is 0.421. The molecule has 0 aliphatic heterocycles. The van der Waals surface area contributed by atoms with Crippen LogP contribution in [-0.4, -0.2) is 22.5 Å². The molecule has 2 rings (SSSR count). The van der Waals surface area contributed by atoms with E-state index in [1.807, 2.05) is 24.3 Å². The van der Waals surface area contributed by atoms with E-state index in [1.165, 1.54) is 17.7 Å². The molecular weight excluding hydrogens is 395 g/mol. The number of halogens is 2. The van der Waals surface area contributed by atoms with Crippen LogP contribution in [-0.2, 0) is 17.5 Å². The van der Waals surface area contributed by atoms with Crippen molar-refractivity contribution in [1.82, 2.24) is 5.32 Å². The minimum atomic E-state index is -4.02. The van der Waals surface area contributed by atoms with Crippen LogP contribution in [0.2, 0.25) is 0 Å². The molecule has 0 radical (unpaired) electrons. The molecule has 4 nitrogen and oxygen atoms in total. The van der Waals surface area contributed by atoms with Crippen molar-refractivity contribution in [2.45, 2.75) is 38.6 Å². The fourth-order valence-corrected chi connectivity index (χ4v) is 3.52. The monoisotopic (exact) mass is 423 g/mol. The molecule has 0 aromatic heterocycles. The molecule has 0 amide bonds. The normalized spacial score (nSPS) is 12.0. The lowest BCUT2D eigenvalue weighted by molar-refractivity contribution is 0.371. The Hall–Kier alpha value is -1.85. The Morgan fingerprint density at radius 3 is 2.48 bits per heavy atom. The van der Waals surface area contributed by atoms with E-state index in [0.29, 0.717) is 6.54 Å². The highest BCUT2D eigenvalue weighted by Crippen LogP contribution is 2.34. The number of hydrogen-bond donors (Lipinski definition) is 3. The average Bonchev–Trinajstić information content (AvgIpc) is 2.67. The molecule has 0 atom stereocenters. The van der Waals surface area contributed by atoms with Gasteiger partial charge in [0, 0.05) is 17.7 Å². The van der Waals surface area contributed by atoms with Gasteiger partial charge in [-0.05, 0) is 56.3 Å². The predicted molar refractivity (Wildman–Crippen MR) is 113 cm³/mol. The van der Waals surface area contributed by atoms with Gasteiger partial charge >= 0.3 is 7.60 Å². The molecule has 7 heteroatoms. The summed E-state index contributed by atoms with van der Waals surface area (Å²) in [5, 5.41) is 2.87. The van der Waals surface area contributed by atoms with Crippen molar-refractivity contribution < 1.29 is 23.1 Å². The molecule has 2 aromatic rings. The SMILES string of the molecule is O=P(O)(O)CCCNCc1cc(F)c(C=CCCCCc2ccccc2)cc1F. The molecule has 2 aromatic carbocycles. The molecule has 0 aliphatic rings. The van der Waals surface area contributed by atoms with Crippen LogP contribution in [0.25, 0.3) is 6.08 Å². The Morgan fingerprint density at radius 1 is 1.00 bits per heavy atom. The van der Waals surface area contributed by atoms with Crippen molar-refractivity contribution in [1.29, 1.82) is 0 Å². The number of nitrogens with one attached hydrogen (secondary N) is 1. The maximum absolute atomic E-state index is 14.2. The molecule has 3 N–H and O–H groups in total. The van der Waals surface area contributed by atoms with Crippen molar-refractivity contribution in [2.75, 3.05) is 12.7 Å². The first-order chi connectivity index (χ1) is 13.8. The second-order valence-electron chi connectivity index (χ2n) is 7.02. The molecule has 0 bridgehead atoms. The topological polar surface area (TPSA) is 69.6 Å². The number of hydrogen-bond acceptors (Lipinski definition) is 2. The molecule has 0 saturated carbocycles. The Bertz CT molecular complexity index is 837. The van der Waals surface area contributed by atoms with Crippen molar-refractivity contribution in [3.05, 3.63) is 76.9 Å². The molecule has 0 saturated heterocycles. The quantitative estimate of drug-likeness (QED) is 0.330. The van der Waals surface area contributed by atoms with Crippen LogP contribution < -0.4 is 5.32 Å². The number of unbranched alkanes of at least 4 members (excludes halogenated alkanes) is 2. The highest BCUT2D eigenvalue weighted by Gasteiger charge is 2.12. The van der Waals surface area contributed by atoms with Gasteiger partial charge in [-0.15, -0.1) is 0 Å². The van der Waals surface area contributed by atoms with Crippen molar-refractivity contribution >= 4 is 13.7 Å². The molecule has 0 aliphatic carbocycles. The van der Waals surface area contributed by atoms with E-state index in [2.05, 4.69) is 17.4 Å². The van der Waals surface area contributed by atoms with E-state index in [4.69, 9.17) is 9.79 Å². The Labute approximate surface area is 170 Å². The molecule has 0 spiro atoms. The Kier molecular flexibility index (Phi) is 9.68. The lowest BCUT2D eigenvalue weighted by Crippen LogP contribution is -2.17. The summed E-state index contributed by atoms with van der Waals surface area (Å²) in [5.74, 6) is -0.989. The summed E-state index contributed by atoms with van der Waals surface area (Å²) in [6, 6.07) is 12.6. The Morgan fingerprint density at radius 2 is 1.76 bits per heavy atom. The van der Waals surface area contributed by atoms with E-state index in [-0.39, 0.29) is 30.3 Å². The minimum absolute atomic E-state index is 0.105. The third-order valence-electron chi connectivity index (χ3n) is 4.51. The van der Waals surface area contributed by atoms with E-state index in [9.17, 15) is 13.3 Å². The minimum Gasteiger partial charge on any atom is -0.324 e. The largest absolute Gasteiger partial charge is 0.325 e. The fraction of sp³-hybridized carbons (Fsp3) is 0.364. The second-order valence-corrected chi connectivity index (χ2v) is 8.79. The molecule has 0 heterocycles. The van der Waals surface area contributed by atoms with Gasteiger partial charge in [-0.3, -0.25) is 4.57 Å². The van der Waals surface area contributed by atoms with Crippen LogP contribution >= 0.6 is 7.60 Å². The van der Waals surface area contributed by atoms with Gasteiger partial charge in [0.15, 0.2) is 0 Å². The van der Waals surface area contributed by atoms with E-state index < -0.39 is 19.2 Å². The summed E-state index contributed by atoms with van der Waals surface area (Å²) in [7, 11) is -4.02. The van der Waals surface area contributed by atoms with Crippen molar-refractivity contribution in [3.63, 3.8) is 0 Å². The Balaban J connectivity index is 1.74. The lowest BCUT2D eigenvalue weighted by Gasteiger charge is -2.08. The second kappa shape index (κ2) is 12.0. The zero-order valence-electron chi connectivity index (χ0n) is 16.4. The van der Waals surface area contributed by atoms with Crippen molar-refractivity contribution in [3.8, 4) is 0 Å². The first-order valence-corrected chi connectivity index (χ1v) is 11.6. The summed E-state index contributed by atoms with van der Waals surface area (Å²) in [4.78, 5) is 17.6. The number of allylic oxidation sites excluding steroid dienone is 1. The first-order valence-electron chi connectivity index (χ1n) is 9.79. The summed E-state index contributed by atoms with van der Waals surface area (Å²) < 4.78 is 39.2. The zero-order valence-corrected chi connectivity index (χ0v) is 17.3. The van der Waals surface area contributed by atoms with Crippen molar-refractivity contribution in [2.24, 2.45) is 0 Å². The number of rotatable bonds is 12. The third-order valence-corrected chi connectivity index (χ3v) is 5.41. The zero-order chi connectivity index (χ0) is 21.1. The predicted octanol–water partition coefficient (Wildman–Crippen LogP) is 5.05. The van der Waals surface area contributed by atoms with E-state index in [1.54, 1.807) is 6.08 Å². The fourth-order valence-electron chi connectivity index (χ4n) is 2.95. The van der Waals surface area contributed by atoms with Gasteiger partial charge in [0.25, 0.3) is 0 Å². The summed E-state index contributed by atoms with van der Waals surface area (Å²) >= 11 is 0. The van der Waals surface area contributed by atoms with Gasteiger partial charge in [-0.1, -0.05) is 42.5 Å². The molecule has 29 heavy (non-hydrogen) atoms. The van der Waals surface area contributed by atoms with Gasteiger partial charge in [0.2, 0.25) is 0 Å². The van der Waals surface area contributed by atoms with Crippen LogP contribution in [0.4, 0.5) is 8.78 Å². The van der Waals surface area contributed by atoms with Crippen LogP contribution in [0.15, 0.2) is 48.5 Å². The summed E-state index contributed by atoms with van der Waals surface area (Å²) in [6.07, 6.45) is 7.33. The average molecular weight is 423 g/mol. The first kappa shape index (κ1) is 23.4. The van der Waals surface area contributed by atoms with Crippen LogP contribution in [0.1, 0.15) is 42.4 Å². The molecule has 158 valence electrons. The van der Waals surface area contributed by atoms with Crippen LogP contribution in [0.5, 0.6) is 0 Å². The third kappa shape index (κ3) is 9.46. The molecular formula is C22H28F2NO3P. The van der Waals surface area contributed by atoms with Gasteiger partial charge in [-0.2, -0.15) is 0 Å². The van der Waals surface area contributed by atoms with E-state index in [0.717, 1.165) is 25.7 Å². The highest BCUT2D eigenvalue weighted by molar-refractivity contribution is 7.51. The lowest BCUT2D eigenvalue weighted by atomic mass is 10.1. The standard InChI is InChI=1S/C22H28F2NO3P/c23-21-16-20(17-25-13-8-14-29(26,27)28)22(24)15-19(21)12-7-2-1-4-9-18-10-5-3-6-11-18/h3,5-7,10-12,15-16,25H,1-2,4,8-9,13-14,17H2,(H2,26,27,28). The van der Waals surface area contributed by atoms with Gasteiger partial charge in [-0.25, -0.2) is 8.78 Å². The van der Waals surface area contributed by atoms with Crippen LogP contribution in [0.3, 0.4) is 0 Å². The number of benzene rings is 2.